The number of hydrogen-bond donors (Lipinski definition) is 5. The summed E-state index contributed by atoms with van der Waals surface area (Å²) in [5.41, 5.74) is 8.71. The number of aromatic nitrogens is 4. The number of aryl methyl sites for hydroxylation is 1. The van der Waals surface area contributed by atoms with Crippen molar-refractivity contribution in [2.24, 2.45) is 5.92 Å². The largest absolute Gasteiger partial charge is 0.465 e. The van der Waals surface area contributed by atoms with E-state index in [2.05, 4.69) is 91.1 Å². The zero-order valence-electron chi connectivity index (χ0n) is 34.2. The number of aromatic amines is 2. The lowest BCUT2D eigenvalue weighted by Crippen LogP contribution is -2.50. The molecule has 6 aromatic rings. The number of likely N-dealkylation sites (tertiary alicyclic amines) is 2. The van der Waals surface area contributed by atoms with Gasteiger partial charge in [0.25, 0.3) is 0 Å². The molecule has 0 saturated carbocycles. The topological polar surface area (TPSA) is 169 Å². The maximum atomic E-state index is 13.4. The molecule has 308 valence electrons. The summed E-state index contributed by atoms with van der Waals surface area (Å²) in [5.74, 6) is 1.18. The molecule has 0 spiro atoms. The van der Waals surface area contributed by atoms with Crippen LogP contribution in [0.4, 0.5) is 9.59 Å². The second-order valence-corrected chi connectivity index (χ2v) is 15.9. The van der Waals surface area contributed by atoms with Gasteiger partial charge in [-0.05, 0) is 83.7 Å². The van der Waals surface area contributed by atoms with E-state index in [4.69, 9.17) is 9.72 Å². The predicted molar refractivity (Wildman–Crippen MR) is 231 cm³/mol. The minimum atomic E-state index is -1.21. The van der Waals surface area contributed by atoms with Crippen LogP contribution in [0.2, 0.25) is 0 Å². The van der Waals surface area contributed by atoms with Crippen molar-refractivity contribution in [3.8, 4) is 33.6 Å². The average molecular weight is 807 g/mol. The second-order valence-electron chi connectivity index (χ2n) is 15.9. The molecular formula is C47H50N8O5. The van der Waals surface area contributed by atoms with Gasteiger partial charge in [0.2, 0.25) is 5.91 Å². The minimum absolute atomic E-state index is 0.0329. The van der Waals surface area contributed by atoms with Crippen LogP contribution in [0.5, 0.6) is 0 Å². The van der Waals surface area contributed by atoms with E-state index in [0.29, 0.717) is 18.1 Å². The van der Waals surface area contributed by atoms with Crippen LogP contribution in [-0.2, 0) is 9.53 Å². The first-order valence-electron chi connectivity index (χ1n) is 20.5. The SMILES string of the molecule is COC(=O)NC(=CN1CCCC1c1ncc(-c2ccc(-c3ccc4cc(-c5cnc(C6CCCN6C(=O)C(NC(=O)O)C(C)C)[nH]5)ccc4c3)cc2)[nH]1)c1ccccc1C. The van der Waals surface area contributed by atoms with Crippen molar-refractivity contribution < 1.29 is 24.2 Å². The summed E-state index contributed by atoms with van der Waals surface area (Å²) in [6.45, 7) is 7.10. The Morgan fingerprint density at radius 2 is 1.40 bits per heavy atom. The molecule has 0 radical (unpaired) electrons. The number of rotatable bonds is 11. The van der Waals surface area contributed by atoms with Gasteiger partial charge in [0.15, 0.2) is 0 Å². The van der Waals surface area contributed by atoms with Crippen molar-refractivity contribution in [3.05, 3.63) is 126 Å². The standard InChI is InChI=1S/C47H50N8O5/c1-28(2)42(53-46(57)58)45(56)55-22-8-12-41(55)44-49-26-38(51-44)35-20-19-33-23-32(17-18-34(33)24-35)30-13-15-31(16-14-30)37-25-48-43(50-37)40-11-7-21-54(40)27-39(52-47(59)60-4)36-10-6-5-9-29(36)3/h5-6,9-10,13-20,23-28,40-42,53H,7-8,11-12,21-22H2,1-4H3,(H,48,50)(H,49,51)(H,52,59)(H,57,58). The van der Waals surface area contributed by atoms with Crippen LogP contribution in [0.3, 0.4) is 0 Å². The van der Waals surface area contributed by atoms with Gasteiger partial charge in [0, 0.05) is 30.4 Å². The highest BCUT2D eigenvalue weighted by atomic mass is 16.5. The number of carboxylic acid groups (broad SMARTS) is 1. The van der Waals surface area contributed by atoms with Crippen molar-refractivity contribution in [2.75, 3.05) is 20.2 Å². The summed E-state index contributed by atoms with van der Waals surface area (Å²) in [4.78, 5) is 57.7. The number of ether oxygens (including phenoxy) is 1. The van der Waals surface area contributed by atoms with Gasteiger partial charge in [-0.1, -0.05) is 86.6 Å². The van der Waals surface area contributed by atoms with Crippen molar-refractivity contribution in [1.82, 2.24) is 40.4 Å². The third-order valence-electron chi connectivity index (χ3n) is 11.7. The van der Waals surface area contributed by atoms with E-state index in [0.717, 1.165) is 93.6 Å². The van der Waals surface area contributed by atoms with Gasteiger partial charge in [0.1, 0.15) is 17.7 Å². The number of H-pyrrole nitrogens is 2. The van der Waals surface area contributed by atoms with Crippen LogP contribution in [0, 0.1) is 12.8 Å². The Labute approximate surface area is 348 Å². The highest BCUT2D eigenvalue weighted by Crippen LogP contribution is 2.36. The number of alkyl carbamates (subject to hydrolysis) is 1. The fraction of sp³-hybridized carbons (Fsp3) is 0.298. The van der Waals surface area contributed by atoms with E-state index in [1.165, 1.54) is 7.11 Å². The third kappa shape index (κ3) is 8.33. The molecule has 3 atom stereocenters. The maximum absolute atomic E-state index is 13.4. The summed E-state index contributed by atoms with van der Waals surface area (Å²) in [6, 6.07) is 28.2. The van der Waals surface area contributed by atoms with Crippen LogP contribution in [0.25, 0.3) is 50.1 Å². The molecular weight excluding hydrogens is 757 g/mol. The summed E-state index contributed by atoms with van der Waals surface area (Å²) in [7, 11) is 1.37. The van der Waals surface area contributed by atoms with Crippen LogP contribution in [-0.4, -0.2) is 79.2 Å². The van der Waals surface area contributed by atoms with Gasteiger partial charge in [-0.15, -0.1) is 0 Å². The Balaban J connectivity index is 0.954. The molecule has 13 heteroatoms. The van der Waals surface area contributed by atoms with E-state index in [1.54, 1.807) is 11.1 Å². The Morgan fingerprint density at radius 3 is 2.08 bits per heavy atom. The lowest BCUT2D eigenvalue weighted by Gasteiger charge is -2.29. The lowest BCUT2D eigenvalue weighted by atomic mass is 9.98. The molecule has 5 N–H and O–H groups in total. The smallest absolute Gasteiger partial charge is 0.411 e. The van der Waals surface area contributed by atoms with Gasteiger partial charge in [-0.2, -0.15) is 0 Å². The number of imidazole rings is 2. The van der Waals surface area contributed by atoms with Crippen molar-refractivity contribution in [3.63, 3.8) is 0 Å². The van der Waals surface area contributed by atoms with Crippen molar-refractivity contribution >= 4 is 34.6 Å². The second kappa shape index (κ2) is 17.1. The average Bonchev–Trinajstić information content (AvgIpc) is 4.10. The fourth-order valence-corrected chi connectivity index (χ4v) is 8.49. The molecule has 2 aliphatic rings. The Kier molecular flexibility index (Phi) is 11.4. The van der Waals surface area contributed by atoms with Crippen LogP contribution < -0.4 is 10.6 Å². The summed E-state index contributed by atoms with van der Waals surface area (Å²) >= 11 is 0. The first kappa shape index (κ1) is 39.9. The van der Waals surface area contributed by atoms with E-state index in [9.17, 15) is 19.5 Å². The van der Waals surface area contributed by atoms with Crippen molar-refractivity contribution in [2.45, 2.75) is 64.6 Å². The molecule has 0 bridgehead atoms. The Morgan fingerprint density at radius 1 is 0.800 bits per heavy atom. The quantitative estimate of drug-likeness (QED) is 0.0864. The number of nitrogens with one attached hydrogen (secondary N) is 4. The molecule has 4 heterocycles. The van der Waals surface area contributed by atoms with E-state index in [1.807, 2.05) is 57.4 Å². The molecule has 0 aliphatic carbocycles. The van der Waals surface area contributed by atoms with Gasteiger partial charge < -0.3 is 34.9 Å². The number of nitrogens with zero attached hydrogens (tertiary/aromatic N) is 4. The number of fused-ring (bicyclic) bond motifs is 1. The van der Waals surface area contributed by atoms with Gasteiger partial charge in [-0.25, -0.2) is 19.6 Å². The molecule has 2 aliphatic heterocycles. The molecule has 3 amide bonds. The van der Waals surface area contributed by atoms with Crippen LogP contribution in [0.15, 0.2) is 104 Å². The minimum Gasteiger partial charge on any atom is -0.465 e. The molecule has 4 aromatic carbocycles. The summed E-state index contributed by atoms with van der Waals surface area (Å²) in [6.07, 6.45) is 7.50. The molecule has 60 heavy (non-hydrogen) atoms. The fourth-order valence-electron chi connectivity index (χ4n) is 8.49. The molecule has 2 aromatic heterocycles. The zero-order chi connectivity index (χ0) is 41.9. The van der Waals surface area contributed by atoms with Gasteiger partial charge in [-0.3, -0.25) is 10.1 Å². The molecule has 2 fully saturated rings. The number of carbonyl (C=O) groups excluding carboxylic acids is 2. The van der Waals surface area contributed by atoms with Crippen LogP contribution >= 0.6 is 0 Å². The number of benzene rings is 4. The lowest BCUT2D eigenvalue weighted by molar-refractivity contribution is -0.135. The van der Waals surface area contributed by atoms with E-state index < -0.39 is 18.2 Å². The third-order valence-corrected chi connectivity index (χ3v) is 11.7. The normalized spacial score (nSPS) is 17.3. The predicted octanol–water partition coefficient (Wildman–Crippen LogP) is 9.04. The number of hydrogen-bond acceptors (Lipinski definition) is 7. The Hall–Kier alpha value is -6.89. The van der Waals surface area contributed by atoms with E-state index >= 15 is 0 Å². The summed E-state index contributed by atoms with van der Waals surface area (Å²) in [5, 5.41) is 16.8. The van der Waals surface area contributed by atoms with Gasteiger partial charge in [0.05, 0.1) is 48.7 Å². The van der Waals surface area contributed by atoms with Crippen molar-refractivity contribution in [1.29, 1.82) is 0 Å². The number of carbonyl (C=O) groups is 3. The first-order valence-corrected chi connectivity index (χ1v) is 20.5. The number of amides is 3. The van der Waals surface area contributed by atoms with E-state index in [-0.39, 0.29) is 23.9 Å². The first-order chi connectivity index (χ1) is 29.1. The maximum Gasteiger partial charge on any atom is 0.411 e. The molecule has 2 saturated heterocycles. The number of methoxy groups -OCH3 is 1. The zero-order valence-corrected chi connectivity index (χ0v) is 34.2. The molecule has 3 unspecified atom stereocenters. The molecule has 13 nitrogen and oxygen atoms in total. The Bertz CT molecular complexity index is 2560. The highest BCUT2D eigenvalue weighted by molar-refractivity contribution is 5.91. The highest BCUT2D eigenvalue weighted by Gasteiger charge is 2.37. The summed E-state index contributed by atoms with van der Waals surface area (Å²) < 4.78 is 4.93. The van der Waals surface area contributed by atoms with Gasteiger partial charge >= 0.3 is 12.2 Å². The molecule has 8 rings (SSSR count). The van der Waals surface area contributed by atoms with Crippen LogP contribution in [0.1, 0.15) is 74.4 Å². The monoisotopic (exact) mass is 806 g/mol.